The quantitative estimate of drug-likeness (QED) is 0.0263. The Balaban J connectivity index is 4.55. The van der Waals surface area contributed by atoms with E-state index in [1.165, 1.54) is 51.4 Å². The highest BCUT2D eigenvalue weighted by Crippen LogP contribution is 2.12. The number of esters is 3. The van der Waals surface area contributed by atoms with Gasteiger partial charge in [-0.1, -0.05) is 194 Å². The molecule has 0 aliphatic carbocycles. The van der Waals surface area contributed by atoms with E-state index in [1.807, 2.05) is 12.2 Å². The second-order valence-electron chi connectivity index (χ2n) is 16.3. The van der Waals surface area contributed by atoms with E-state index in [0.717, 1.165) is 116 Å². The van der Waals surface area contributed by atoms with Gasteiger partial charge in [-0.15, -0.1) is 0 Å². The Bertz CT molecular complexity index is 1330. The first-order valence-corrected chi connectivity index (χ1v) is 25.4. The predicted molar refractivity (Wildman–Crippen MR) is 270 cm³/mol. The SMILES string of the molecule is CC/C=C\C/C=C\C/C=C\C/C=C\C/C=C\C/C=C\CCC(=O)O[C@H](COC(=O)CCCCCCC/C=C\C/C=C\CCCCC)COC(=O)CCCCCCC/C=C\CCCC. The Labute approximate surface area is 387 Å². The fourth-order valence-corrected chi connectivity index (χ4v) is 6.42. The molecule has 0 saturated heterocycles. The normalized spacial score (nSPS) is 13.0. The minimum atomic E-state index is -0.828. The third kappa shape index (κ3) is 49.0. The largest absolute Gasteiger partial charge is 0.462 e. The van der Waals surface area contributed by atoms with Crippen LogP contribution in [0.5, 0.6) is 0 Å². The molecular weight excluding hydrogens is 781 g/mol. The van der Waals surface area contributed by atoms with Gasteiger partial charge < -0.3 is 14.2 Å². The van der Waals surface area contributed by atoms with Crippen molar-refractivity contribution in [2.75, 3.05) is 13.2 Å². The maximum absolute atomic E-state index is 12.8. The molecule has 1 atom stereocenters. The molecule has 6 nitrogen and oxygen atoms in total. The van der Waals surface area contributed by atoms with Crippen molar-refractivity contribution in [1.29, 1.82) is 0 Å². The van der Waals surface area contributed by atoms with Crippen molar-refractivity contribution in [1.82, 2.24) is 0 Å². The first-order chi connectivity index (χ1) is 31.0. The fourth-order valence-electron chi connectivity index (χ4n) is 6.42. The minimum absolute atomic E-state index is 0.119. The standard InChI is InChI=1S/C57H92O6/c1-4-7-10-13-16-19-22-24-26-27-28-29-31-33-36-39-42-45-48-51-57(60)63-54(52-61-55(58)49-46-43-40-37-34-21-18-15-12-9-6-3)53-62-56(59)50-47-44-41-38-35-32-30-25-23-20-17-14-11-8-5-2/h7,10,15-20,24-26,28-30,33,36,42,45,54H,4-6,8-9,11-14,21-23,27,31-32,34-35,37-41,43-44,46-53H2,1-3H3/b10-7-,18-15-,19-16-,20-17-,26-24-,29-28-,30-25-,36-33-,45-42-/t54-/m0/s1. The van der Waals surface area contributed by atoms with Gasteiger partial charge in [0.2, 0.25) is 0 Å². The van der Waals surface area contributed by atoms with Gasteiger partial charge in [0.25, 0.3) is 0 Å². The van der Waals surface area contributed by atoms with Crippen LogP contribution in [0.3, 0.4) is 0 Å². The number of ether oxygens (including phenoxy) is 3. The molecule has 0 radical (unpaired) electrons. The zero-order chi connectivity index (χ0) is 45.8. The number of rotatable bonds is 44. The van der Waals surface area contributed by atoms with Gasteiger partial charge in [-0.05, 0) is 109 Å². The average molecular weight is 873 g/mol. The lowest BCUT2D eigenvalue weighted by molar-refractivity contribution is -0.166. The summed E-state index contributed by atoms with van der Waals surface area (Å²) in [5.74, 6) is -1.03. The molecule has 0 saturated carbocycles. The molecule has 0 aromatic heterocycles. The van der Waals surface area contributed by atoms with E-state index in [0.29, 0.717) is 19.3 Å². The monoisotopic (exact) mass is 873 g/mol. The second kappa shape index (κ2) is 50.7. The van der Waals surface area contributed by atoms with E-state index in [9.17, 15) is 14.4 Å². The number of allylic oxidation sites excluding steroid dienone is 18. The highest BCUT2D eigenvalue weighted by Gasteiger charge is 2.19. The Hall–Kier alpha value is -3.93. The van der Waals surface area contributed by atoms with Gasteiger partial charge in [-0.2, -0.15) is 0 Å². The molecule has 0 aromatic carbocycles. The molecule has 6 heteroatoms. The summed E-state index contributed by atoms with van der Waals surface area (Å²) in [5.41, 5.74) is 0. The smallest absolute Gasteiger partial charge is 0.306 e. The molecule has 0 aromatic rings. The summed E-state index contributed by atoms with van der Waals surface area (Å²) >= 11 is 0. The zero-order valence-electron chi connectivity index (χ0n) is 40.5. The molecule has 0 bridgehead atoms. The number of hydrogen-bond donors (Lipinski definition) is 0. The summed E-state index contributed by atoms with van der Waals surface area (Å²) in [6, 6.07) is 0. The summed E-state index contributed by atoms with van der Waals surface area (Å²) < 4.78 is 16.7. The summed E-state index contributed by atoms with van der Waals surface area (Å²) in [5, 5.41) is 0. The number of carbonyl (C=O) groups is 3. The molecule has 0 N–H and O–H groups in total. The summed E-state index contributed by atoms with van der Waals surface area (Å²) in [6.07, 6.45) is 67.9. The van der Waals surface area contributed by atoms with E-state index < -0.39 is 12.1 Å². The van der Waals surface area contributed by atoms with Crippen LogP contribution in [0.2, 0.25) is 0 Å². The number of unbranched alkanes of at least 4 members (excludes halogenated alkanes) is 15. The van der Waals surface area contributed by atoms with E-state index in [2.05, 4.69) is 118 Å². The molecule has 0 aliphatic heterocycles. The molecule has 0 heterocycles. The lowest BCUT2D eigenvalue weighted by atomic mass is 10.1. The van der Waals surface area contributed by atoms with Gasteiger partial charge in [-0.3, -0.25) is 14.4 Å². The van der Waals surface area contributed by atoms with Crippen molar-refractivity contribution in [2.24, 2.45) is 0 Å². The lowest BCUT2D eigenvalue weighted by Crippen LogP contribution is -2.30. The average Bonchev–Trinajstić information content (AvgIpc) is 3.28. The molecule has 0 aliphatic rings. The highest BCUT2D eigenvalue weighted by molar-refractivity contribution is 5.71. The van der Waals surface area contributed by atoms with Crippen LogP contribution < -0.4 is 0 Å². The molecule has 63 heavy (non-hydrogen) atoms. The Kier molecular flexibility index (Phi) is 47.5. The third-order valence-corrected chi connectivity index (χ3v) is 10.2. The highest BCUT2D eigenvalue weighted by atomic mass is 16.6. The van der Waals surface area contributed by atoms with Gasteiger partial charge in [0.1, 0.15) is 13.2 Å². The fraction of sp³-hybridized carbons (Fsp3) is 0.632. The topological polar surface area (TPSA) is 78.9 Å². The molecule has 0 rings (SSSR count). The lowest BCUT2D eigenvalue weighted by Gasteiger charge is -2.18. The Morgan fingerprint density at radius 1 is 0.333 bits per heavy atom. The van der Waals surface area contributed by atoms with Crippen LogP contribution in [-0.2, 0) is 28.6 Å². The van der Waals surface area contributed by atoms with Crippen molar-refractivity contribution in [3.05, 3.63) is 109 Å². The Morgan fingerprint density at radius 3 is 1.10 bits per heavy atom. The van der Waals surface area contributed by atoms with Crippen LogP contribution in [-0.4, -0.2) is 37.2 Å². The van der Waals surface area contributed by atoms with Crippen molar-refractivity contribution >= 4 is 17.9 Å². The number of hydrogen-bond acceptors (Lipinski definition) is 6. The van der Waals surface area contributed by atoms with Crippen molar-refractivity contribution in [3.63, 3.8) is 0 Å². The maximum atomic E-state index is 12.8. The molecule has 0 amide bonds. The predicted octanol–water partition coefficient (Wildman–Crippen LogP) is 16.8. The van der Waals surface area contributed by atoms with Crippen molar-refractivity contribution in [2.45, 2.75) is 219 Å². The van der Waals surface area contributed by atoms with Crippen LogP contribution in [0.1, 0.15) is 213 Å². The second-order valence-corrected chi connectivity index (χ2v) is 16.3. The van der Waals surface area contributed by atoms with E-state index in [1.54, 1.807) is 0 Å². The van der Waals surface area contributed by atoms with Gasteiger partial charge in [-0.25, -0.2) is 0 Å². The van der Waals surface area contributed by atoms with Crippen LogP contribution >= 0.6 is 0 Å². The van der Waals surface area contributed by atoms with Gasteiger partial charge in [0, 0.05) is 19.3 Å². The maximum Gasteiger partial charge on any atom is 0.306 e. The van der Waals surface area contributed by atoms with Crippen LogP contribution in [0.15, 0.2) is 109 Å². The van der Waals surface area contributed by atoms with Crippen molar-refractivity contribution < 1.29 is 28.6 Å². The van der Waals surface area contributed by atoms with Crippen LogP contribution in [0.25, 0.3) is 0 Å². The minimum Gasteiger partial charge on any atom is -0.462 e. The first-order valence-electron chi connectivity index (χ1n) is 25.4. The molecule has 0 fully saturated rings. The van der Waals surface area contributed by atoms with E-state index >= 15 is 0 Å². The van der Waals surface area contributed by atoms with E-state index in [4.69, 9.17) is 14.2 Å². The van der Waals surface area contributed by atoms with Crippen LogP contribution in [0.4, 0.5) is 0 Å². The zero-order valence-corrected chi connectivity index (χ0v) is 40.5. The summed E-state index contributed by atoms with van der Waals surface area (Å²) in [7, 11) is 0. The third-order valence-electron chi connectivity index (χ3n) is 10.2. The van der Waals surface area contributed by atoms with E-state index in [-0.39, 0.29) is 31.6 Å². The summed E-state index contributed by atoms with van der Waals surface area (Å²) in [4.78, 5) is 37.9. The molecule has 0 unspecified atom stereocenters. The van der Waals surface area contributed by atoms with Gasteiger partial charge in [0.15, 0.2) is 6.10 Å². The molecule has 0 spiro atoms. The van der Waals surface area contributed by atoms with Crippen molar-refractivity contribution in [3.8, 4) is 0 Å². The van der Waals surface area contributed by atoms with Gasteiger partial charge >= 0.3 is 17.9 Å². The van der Waals surface area contributed by atoms with Gasteiger partial charge in [0.05, 0.1) is 0 Å². The summed E-state index contributed by atoms with van der Waals surface area (Å²) in [6.45, 7) is 6.36. The van der Waals surface area contributed by atoms with Crippen LogP contribution in [0, 0.1) is 0 Å². The Morgan fingerprint density at radius 2 is 0.667 bits per heavy atom. The molecular formula is C57H92O6. The number of carbonyl (C=O) groups excluding carboxylic acids is 3. The first kappa shape index (κ1) is 59.1. The molecule has 356 valence electrons.